The van der Waals surface area contributed by atoms with Crippen LogP contribution < -0.4 is 10.1 Å². The van der Waals surface area contributed by atoms with Crippen LogP contribution in [-0.4, -0.2) is 24.5 Å². The van der Waals surface area contributed by atoms with Crippen molar-refractivity contribution in [3.05, 3.63) is 65.6 Å². The molecule has 0 bridgehead atoms. The molecule has 118 valence electrons. The van der Waals surface area contributed by atoms with E-state index in [1.807, 2.05) is 24.3 Å². The first-order chi connectivity index (χ1) is 11.2. The number of hydrogen-bond acceptors (Lipinski definition) is 2. The summed E-state index contributed by atoms with van der Waals surface area (Å²) in [5, 5.41) is 3.66. The molecule has 0 spiro atoms. The van der Waals surface area contributed by atoms with Crippen molar-refractivity contribution in [3.8, 4) is 5.75 Å². The number of nitrogens with one attached hydrogen (secondary N) is 2. The second-order valence-electron chi connectivity index (χ2n) is 5.23. The van der Waals surface area contributed by atoms with Gasteiger partial charge in [0.25, 0.3) is 5.91 Å². The molecule has 0 radical (unpaired) electrons. The first kappa shape index (κ1) is 15.1. The summed E-state index contributed by atoms with van der Waals surface area (Å²) < 4.78 is 18.5. The Morgan fingerprint density at radius 1 is 1.22 bits per heavy atom. The van der Waals surface area contributed by atoms with Crippen LogP contribution in [0.1, 0.15) is 16.1 Å². The van der Waals surface area contributed by atoms with Gasteiger partial charge in [-0.3, -0.25) is 4.79 Å². The molecule has 0 unspecified atom stereocenters. The van der Waals surface area contributed by atoms with E-state index in [2.05, 4.69) is 10.3 Å². The predicted molar refractivity (Wildman–Crippen MR) is 87.3 cm³/mol. The van der Waals surface area contributed by atoms with Gasteiger partial charge in [-0.1, -0.05) is 18.2 Å². The van der Waals surface area contributed by atoms with Crippen molar-refractivity contribution in [2.24, 2.45) is 0 Å². The summed E-state index contributed by atoms with van der Waals surface area (Å²) in [6.45, 7) is 0.489. The maximum Gasteiger partial charge on any atom is 0.267 e. The average Bonchev–Trinajstić information content (AvgIpc) is 2.98. The summed E-state index contributed by atoms with van der Waals surface area (Å²) in [5.74, 6) is 0.266. The number of aromatic nitrogens is 1. The maximum atomic E-state index is 13.2. The summed E-state index contributed by atoms with van der Waals surface area (Å²) in [5.41, 5.74) is 2.07. The number of methoxy groups -OCH3 is 1. The van der Waals surface area contributed by atoms with Crippen molar-refractivity contribution in [1.29, 1.82) is 0 Å². The molecule has 0 saturated carbocycles. The largest absolute Gasteiger partial charge is 0.496 e. The highest BCUT2D eigenvalue weighted by Gasteiger charge is 2.10. The lowest BCUT2D eigenvalue weighted by Crippen LogP contribution is -2.26. The van der Waals surface area contributed by atoms with Crippen LogP contribution in [0.5, 0.6) is 5.75 Å². The molecule has 0 aliphatic rings. The molecule has 0 fully saturated rings. The monoisotopic (exact) mass is 312 g/mol. The number of halogens is 1. The Hall–Kier alpha value is -2.82. The Balaban J connectivity index is 1.64. The van der Waals surface area contributed by atoms with Crippen molar-refractivity contribution in [2.45, 2.75) is 6.42 Å². The molecule has 0 atom stereocenters. The van der Waals surface area contributed by atoms with E-state index in [0.29, 0.717) is 24.2 Å². The number of rotatable bonds is 5. The molecule has 1 aromatic heterocycles. The standard InChI is InChI=1S/C18H17FN2O2/c1-23-17-5-3-2-4-12(17)8-9-20-18(22)16-10-13-6-7-14(19)11-15(13)21-16/h2-7,10-11,21H,8-9H2,1H3,(H,20,22). The predicted octanol–water partition coefficient (Wildman–Crippen LogP) is 3.29. The van der Waals surface area contributed by atoms with Crippen LogP contribution in [0, 0.1) is 5.82 Å². The van der Waals surface area contributed by atoms with Crippen LogP contribution in [0.2, 0.25) is 0 Å². The van der Waals surface area contributed by atoms with E-state index in [0.717, 1.165) is 16.7 Å². The SMILES string of the molecule is COc1ccccc1CCNC(=O)c1cc2ccc(F)cc2[nH]1. The van der Waals surface area contributed by atoms with Crippen LogP contribution in [0.15, 0.2) is 48.5 Å². The van der Waals surface area contributed by atoms with Gasteiger partial charge in [-0.15, -0.1) is 0 Å². The normalized spacial score (nSPS) is 10.7. The van der Waals surface area contributed by atoms with Crippen LogP contribution in [0.25, 0.3) is 10.9 Å². The van der Waals surface area contributed by atoms with Gasteiger partial charge in [0.15, 0.2) is 0 Å². The van der Waals surface area contributed by atoms with Crippen molar-refractivity contribution >= 4 is 16.8 Å². The molecule has 3 aromatic rings. The fraction of sp³-hybridized carbons (Fsp3) is 0.167. The molecule has 3 rings (SSSR count). The number of fused-ring (bicyclic) bond motifs is 1. The quantitative estimate of drug-likeness (QED) is 0.759. The molecule has 5 heteroatoms. The first-order valence-corrected chi connectivity index (χ1v) is 7.36. The highest BCUT2D eigenvalue weighted by Crippen LogP contribution is 2.18. The minimum absolute atomic E-state index is 0.212. The molecule has 23 heavy (non-hydrogen) atoms. The Labute approximate surface area is 133 Å². The Morgan fingerprint density at radius 3 is 2.87 bits per heavy atom. The van der Waals surface area contributed by atoms with Gasteiger partial charge in [-0.05, 0) is 42.3 Å². The lowest BCUT2D eigenvalue weighted by molar-refractivity contribution is 0.0950. The van der Waals surface area contributed by atoms with E-state index >= 15 is 0 Å². The minimum atomic E-state index is -0.331. The van der Waals surface area contributed by atoms with Gasteiger partial charge in [0.05, 0.1) is 7.11 Å². The van der Waals surface area contributed by atoms with Crippen molar-refractivity contribution < 1.29 is 13.9 Å². The van der Waals surface area contributed by atoms with Gasteiger partial charge in [0.1, 0.15) is 17.3 Å². The van der Waals surface area contributed by atoms with Crippen LogP contribution in [-0.2, 0) is 6.42 Å². The molecule has 4 nitrogen and oxygen atoms in total. The number of amides is 1. The number of carbonyl (C=O) groups is 1. The van der Waals surface area contributed by atoms with Crippen molar-refractivity contribution in [3.63, 3.8) is 0 Å². The smallest absolute Gasteiger partial charge is 0.267 e. The fourth-order valence-electron chi connectivity index (χ4n) is 2.54. The number of aromatic amines is 1. The zero-order valence-corrected chi connectivity index (χ0v) is 12.7. The summed E-state index contributed by atoms with van der Waals surface area (Å²) in [4.78, 5) is 15.1. The zero-order valence-electron chi connectivity index (χ0n) is 12.7. The summed E-state index contributed by atoms with van der Waals surface area (Å²) in [7, 11) is 1.63. The number of H-pyrrole nitrogens is 1. The van der Waals surface area contributed by atoms with E-state index < -0.39 is 0 Å². The summed E-state index contributed by atoms with van der Waals surface area (Å²) in [6, 6.07) is 13.8. The molecule has 1 heterocycles. The molecule has 0 aliphatic heterocycles. The third-order valence-electron chi connectivity index (χ3n) is 3.70. The van der Waals surface area contributed by atoms with Gasteiger partial charge in [-0.2, -0.15) is 0 Å². The van der Waals surface area contributed by atoms with E-state index in [-0.39, 0.29) is 11.7 Å². The van der Waals surface area contributed by atoms with Gasteiger partial charge in [0, 0.05) is 17.4 Å². The lowest BCUT2D eigenvalue weighted by Gasteiger charge is -2.08. The van der Waals surface area contributed by atoms with Crippen LogP contribution in [0.4, 0.5) is 4.39 Å². The Kier molecular flexibility index (Phi) is 4.28. The number of hydrogen-bond donors (Lipinski definition) is 2. The van der Waals surface area contributed by atoms with E-state index in [4.69, 9.17) is 4.74 Å². The number of ether oxygens (including phenoxy) is 1. The number of benzene rings is 2. The topological polar surface area (TPSA) is 54.1 Å². The molecule has 1 amide bonds. The summed E-state index contributed by atoms with van der Waals surface area (Å²) in [6.07, 6.45) is 0.671. The molecule has 2 N–H and O–H groups in total. The molecule has 0 aliphatic carbocycles. The third kappa shape index (κ3) is 3.34. The van der Waals surface area contributed by atoms with Gasteiger partial charge < -0.3 is 15.0 Å². The first-order valence-electron chi connectivity index (χ1n) is 7.36. The van der Waals surface area contributed by atoms with Crippen LogP contribution in [0.3, 0.4) is 0 Å². The van der Waals surface area contributed by atoms with E-state index in [1.165, 1.54) is 12.1 Å². The average molecular weight is 312 g/mol. The second kappa shape index (κ2) is 6.52. The lowest BCUT2D eigenvalue weighted by atomic mass is 10.1. The zero-order chi connectivity index (χ0) is 16.2. The van der Waals surface area contributed by atoms with Crippen molar-refractivity contribution in [2.75, 3.05) is 13.7 Å². The third-order valence-corrected chi connectivity index (χ3v) is 3.70. The summed E-state index contributed by atoms with van der Waals surface area (Å²) >= 11 is 0. The molecular weight excluding hydrogens is 295 g/mol. The van der Waals surface area contributed by atoms with Crippen LogP contribution >= 0.6 is 0 Å². The van der Waals surface area contributed by atoms with Gasteiger partial charge >= 0.3 is 0 Å². The van der Waals surface area contributed by atoms with E-state index in [1.54, 1.807) is 19.2 Å². The Bertz CT molecular complexity index is 842. The second-order valence-corrected chi connectivity index (χ2v) is 5.23. The van der Waals surface area contributed by atoms with E-state index in [9.17, 15) is 9.18 Å². The molecule has 2 aromatic carbocycles. The fourth-order valence-corrected chi connectivity index (χ4v) is 2.54. The highest BCUT2D eigenvalue weighted by molar-refractivity contribution is 5.97. The highest BCUT2D eigenvalue weighted by atomic mass is 19.1. The number of carbonyl (C=O) groups excluding carboxylic acids is 1. The Morgan fingerprint density at radius 2 is 2.04 bits per heavy atom. The van der Waals surface area contributed by atoms with Crippen molar-refractivity contribution in [1.82, 2.24) is 10.3 Å². The van der Waals surface area contributed by atoms with Gasteiger partial charge in [-0.25, -0.2) is 4.39 Å². The van der Waals surface area contributed by atoms with Gasteiger partial charge in [0.2, 0.25) is 0 Å². The molecular formula is C18H17FN2O2. The maximum absolute atomic E-state index is 13.2. The molecule has 0 saturated heterocycles. The minimum Gasteiger partial charge on any atom is -0.496 e. The number of para-hydroxylation sites is 1.